The van der Waals surface area contributed by atoms with Crippen molar-refractivity contribution >= 4 is 21.6 Å². The highest BCUT2D eigenvalue weighted by Crippen LogP contribution is 2.33. The zero-order chi connectivity index (χ0) is 17.8. The van der Waals surface area contributed by atoms with E-state index < -0.39 is 0 Å². The normalized spacial score (nSPS) is 15.3. The first-order chi connectivity index (χ1) is 12.1. The number of piperazine rings is 1. The third-order valence-corrected chi connectivity index (χ3v) is 5.40. The Morgan fingerprint density at radius 3 is 2.28 bits per heavy atom. The third-order valence-electron chi connectivity index (χ3n) is 4.78. The summed E-state index contributed by atoms with van der Waals surface area (Å²) in [5.41, 5.74) is 3.85. The molecule has 1 fully saturated rings. The molecule has 5 heteroatoms. The monoisotopic (exact) mass is 404 g/mol. The lowest BCUT2D eigenvalue weighted by Gasteiger charge is -2.37. The van der Waals surface area contributed by atoms with Gasteiger partial charge in [0.1, 0.15) is 11.5 Å². The van der Waals surface area contributed by atoms with Crippen molar-refractivity contribution in [2.24, 2.45) is 0 Å². The molecule has 0 N–H and O–H groups in total. The molecule has 1 heterocycles. The number of benzene rings is 2. The summed E-state index contributed by atoms with van der Waals surface area (Å²) in [6.45, 7) is 7.21. The van der Waals surface area contributed by atoms with Crippen molar-refractivity contribution in [3.05, 3.63) is 52.0 Å². The summed E-state index contributed by atoms with van der Waals surface area (Å²) < 4.78 is 11.9. The summed E-state index contributed by atoms with van der Waals surface area (Å²) >= 11 is 3.52. The molecule has 0 spiro atoms. The number of para-hydroxylation sites is 1. The highest BCUT2D eigenvalue weighted by Gasteiger charge is 2.20. The molecule has 0 radical (unpaired) electrons. The first-order valence-electron chi connectivity index (χ1n) is 8.55. The van der Waals surface area contributed by atoms with Gasteiger partial charge in [-0.25, -0.2) is 0 Å². The summed E-state index contributed by atoms with van der Waals surface area (Å²) in [5, 5.41) is 0. The lowest BCUT2D eigenvalue weighted by atomic mass is 10.1. The van der Waals surface area contributed by atoms with E-state index in [1.54, 1.807) is 14.2 Å². The molecule has 0 amide bonds. The SMILES string of the molecule is COc1cc(CN2CCN(c3ccccc3C)CC2)c(OC)cc1Br. The van der Waals surface area contributed by atoms with E-state index in [2.05, 4.69) is 63.0 Å². The van der Waals surface area contributed by atoms with Crippen LogP contribution in [0.15, 0.2) is 40.9 Å². The van der Waals surface area contributed by atoms with Crippen molar-refractivity contribution in [1.29, 1.82) is 0 Å². The highest BCUT2D eigenvalue weighted by atomic mass is 79.9. The van der Waals surface area contributed by atoms with Gasteiger partial charge in [-0.1, -0.05) is 18.2 Å². The van der Waals surface area contributed by atoms with Gasteiger partial charge in [0, 0.05) is 44.0 Å². The molecule has 3 rings (SSSR count). The standard InChI is InChI=1S/C20H25BrN2O2/c1-15-6-4-5-7-18(15)23-10-8-22(9-11-23)14-16-12-20(25-3)17(21)13-19(16)24-2/h4-7,12-13H,8-11,14H2,1-3H3. The average Bonchev–Trinajstić information content (AvgIpc) is 2.64. The van der Waals surface area contributed by atoms with Crippen LogP contribution < -0.4 is 14.4 Å². The second-order valence-corrected chi connectivity index (χ2v) is 7.20. The second kappa shape index (κ2) is 8.11. The van der Waals surface area contributed by atoms with Crippen LogP contribution in [0, 0.1) is 6.92 Å². The zero-order valence-electron chi connectivity index (χ0n) is 15.1. The molecule has 0 saturated carbocycles. The number of anilines is 1. The van der Waals surface area contributed by atoms with Gasteiger partial charge >= 0.3 is 0 Å². The van der Waals surface area contributed by atoms with Gasteiger partial charge in [0.25, 0.3) is 0 Å². The Kier molecular flexibility index (Phi) is 5.86. The summed E-state index contributed by atoms with van der Waals surface area (Å²) in [5.74, 6) is 1.74. The van der Waals surface area contributed by atoms with E-state index in [0.717, 1.165) is 54.3 Å². The smallest absolute Gasteiger partial charge is 0.133 e. The quantitative estimate of drug-likeness (QED) is 0.748. The second-order valence-electron chi connectivity index (χ2n) is 6.35. The predicted octanol–water partition coefficient (Wildman–Crippen LogP) is 4.10. The third kappa shape index (κ3) is 4.10. The van der Waals surface area contributed by atoms with Crippen LogP contribution in [0.1, 0.15) is 11.1 Å². The molecule has 1 aliphatic heterocycles. The van der Waals surface area contributed by atoms with Gasteiger partial charge in [-0.2, -0.15) is 0 Å². The van der Waals surface area contributed by atoms with Gasteiger partial charge in [-0.15, -0.1) is 0 Å². The molecule has 0 aromatic heterocycles. The van der Waals surface area contributed by atoms with Crippen molar-refractivity contribution in [1.82, 2.24) is 4.90 Å². The van der Waals surface area contributed by atoms with Crippen LogP contribution in [0.25, 0.3) is 0 Å². The largest absolute Gasteiger partial charge is 0.496 e. The summed E-state index contributed by atoms with van der Waals surface area (Å²) in [6, 6.07) is 12.7. The Morgan fingerprint density at radius 1 is 0.960 bits per heavy atom. The minimum Gasteiger partial charge on any atom is -0.496 e. The van der Waals surface area contributed by atoms with Crippen LogP contribution in [-0.2, 0) is 6.54 Å². The number of halogens is 1. The minimum absolute atomic E-state index is 0.842. The summed E-state index contributed by atoms with van der Waals surface area (Å²) in [4.78, 5) is 4.95. The first-order valence-corrected chi connectivity index (χ1v) is 9.35. The van der Waals surface area contributed by atoms with Gasteiger partial charge < -0.3 is 14.4 Å². The van der Waals surface area contributed by atoms with E-state index >= 15 is 0 Å². The maximum atomic E-state index is 5.55. The summed E-state index contributed by atoms with van der Waals surface area (Å²) in [6.07, 6.45) is 0. The van der Waals surface area contributed by atoms with E-state index in [0.29, 0.717) is 0 Å². The van der Waals surface area contributed by atoms with Crippen molar-refractivity contribution in [2.45, 2.75) is 13.5 Å². The molecular weight excluding hydrogens is 380 g/mol. The molecule has 134 valence electrons. The molecule has 0 bridgehead atoms. The number of hydrogen-bond acceptors (Lipinski definition) is 4. The Labute approximate surface area is 158 Å². The van der Waals surface area contributed by atoms with Gasteiger partial charge in [-0.3, -0.25) is 4.90 Å². The fourth-order valence-corrected chi connectivity index (χ4v) is 3.84. The van der Waals surface area contributed by atoms with Gasteiger partial charge in [0.15, 0.2) is 0 Å². The van der Waals surface area contributed by atoms with E-state index in [9.17, 15) is 0 Å². The molecule has 4 nitrogen and oxygen atoms in total. The molecule has 1 saturated heterocycles. The Morgan fingerprint density at radius 2 is 1.64 bits per heavy atom. The lowest BCUT2D eigenvalue weighted by Crippen LogP contribution is -2.46. The van der Waals surface area contributed by atoms with Crippen molar-refractivity contribution in [3.8, 4) is 11.5 Å². The highest BCUT2D eigenvalue weighted by molar-refractivity contribution is 9.10. The van der Waals surface area contributed by atoms with Crippen molar-refractivity contribution in [3.63, 3.8) is 0 Å². The molecule has 2 aromatic carbocycles. The first kappa shape index (κ1) is 18.1. The number of hydrogen-bond donors (Lipinski definition) is 0. The maximum Gasteiger partial charge on any atom is 0.133 e. The fraction of sp³-hybridized carbons (Fsp3) is 0.400. The summed E-state index contributed by atoms with van der Waals surface area (Å²) in [7, 11) is 3.41. The number of rotatable bonds is 5. The van der Waals surface area contributed by atoms with Crippen LogP contribution in [0.5, 0.6) is 11.5 Å². The van der Waals surface area contributed by atoms with E-state index in [1.165, 1.54) is 11.3 Å². The Bertz CT molecular complexity index is 728. The van der Waals surface area contributed by atoms with Gasteiger partial charge in [-0.05, 0) is 46.6 Å². The van der Waals surface area contributed by atoms with Crippen LogP contribution >= 0.6 is 15.9 Å². The van der Waals surface area contributed by atoms with Gasteiger partial charge in [0.2, 0.25) is 0 Å². The van der Waals surface area contributed by atoms with E-state index in [1.807, 2.05) is 6.07 Å². The number of aryl methyl sites for hydroxylation is 1. The Hall–Kier alpha value is -1.72. The molecule has 1 aliphatic rings. The van der Waals surface area contributed by atoms with Crippen LogP contribution in [0.2, 0.25) is 0 Å². The van der Waals surface area contributed by atoms with Crippen molar-refractivity contribution < 1.29 is 9.47 Å². The predicted molar refractivity (Wildman–Crippen MR) is 106 cm³/mol. The molecule has 0 aliphatic carbocycles. The fourth-order valence-electron chi connectivity index (χ4n) is 3.35. The number of ether oxygens (including phenoxy) is 2. The van der Waals surface area contributed by atoms with Crippen molar-refractivity contribution in [2.75, 3.05) is 45.3 Å². The molecular formula is C20H25BrN2O2. The molecule has 0 atom stereocenters. The average molecular weight is 405 g/mol. The lowest BCUT2D eigenvalue weighted by molar-refractivity contribution is 0.245. The van der Waals surface area contributed by atoms with Gasteiger partial charge in [0.05, 0.1) is 18.7 Å². The molecule has 0 unspecified atom stereocenters. The topological polar surface area (TPSA) is 24.9 Å². The molecule has 25 heavy (non-hydrogen) atoms. The van der Waals surface area contributed by atoms with Crippen LogP contribution in [0.3, 0.4) is 0 Å². The number of nitrogens with zero attached hydrogens (tertiary/aromatic N) is 2. The minimum atomic E-state index is 0.842. The van der Waals surface area contributed by atoms with E-state index in [-0.39, 0.29) is 0 Å². The van der Waals surface area contributed by atoms with Crippen LogP contribution in [-0.4, -0.2) is 45.3 Å². The van der Waals surface area contributed by atoms with E-state index in [4.69, 9.17) is 9.47 Å². The molecule has 2 aromatic rings. The zero-order valence-corrected chi connectivity index (χ0v) is 16.7. The van der Waals surface area contributed by atoms with Crippen LogP contribution in [0.4, 0.5) is 5.69 Å². The maximum absolute atomic E-state index is 5.55. The Balaban J connectivity index is 1.67. The number of methoxy groups -OCH3 is 2.